The number of aliphatic hydroxyl groups excluding tert-OH is 1. The van der Waals surface area contributed by atoms with E-state index in [2.05, 4.69) is 48.2 Å². The van der Waals surface area contributed by atoms with Crippen LogP contribution in [0.1, 0.15) is 35.6 Å². The molecule has 3 rings (SSSR count). The number of hydrogen-bond acceptors (Lipinski definition) is 2. The zero-order valence-electron chi connectivity index (χ0n) is 12.6. The summed E-state index contributed by atoms with van der Waals surface area (Å²) in [7, 11) is 0. The smallest absolute Gasteiger partial charge is 0.0628 e. The molecule has 0 saturated heterocycles. The van der Waals surface area contributed by atoms with Crippen molar-refractivity contribution in [3.63, 3.8) is 0 Å². The first-order chi connectivity index (χ1) is 10.3. The van der Waals surface area contributed by atoms with E-state index in [9.17, 15) is 5.11 Å². The fourth-order valence-corrected chi connectivity index (χ4v) is 3.44. The lowest BCUT2D eigenvalue weighted by molar-refractivity contribution is 0.122. The topological polar surface area (TPSA) is 23.5 Å². The Hall–Kier alpha value is -1.64. The third-order valence-electron chi connectivity index (χ3n) is 4.56. The number of rotatable bonds is 3. The molecule has 1 aliphatic heterocycles. The van der Waals surface area contributed by atoms with Gasteiger partial charge in [-0.05, 0) is 29.0 Å². The van der Waals surface area contributed by atoms with Gasteiger partial charge < -0.3 is 5.11 Å². The third kappa shape index (κ3) is 3.02. The van der Waals surface area contributed by atoms with Gasteiger partial charge in [0, 0.05) is 13.1 Å². The second-order valence-electron chi connectivity index (χ2n) is 5.95. The fourth-order valence-electron chi connectivity index (χ4n) is 3.44. The molecule has 0 aliphatic carbocycles. The Morgan fingerprint density at radius 2 is 1.81 bits per heavy atom. The van der Waals surface area contributed by atoms with Crippen molar-refractivity contribution in [3.05, 3.63) is 71.3 Å². The van der Waals surface area contributed by atoms with Gasteiger partial charge in [0.2, 0.25) is 0 Å². The van der Waals surface area contributed by atoms with Gasteiger partial charge in [-0.1, -0.05) is 61.5 Å². The van der Waals surface area contributed by atoms with E-state index in [-0.39, 0.29) is 12.6 Å². The normalized spacial score (nSPS) is 20.6. The van der Waals surface area contributed by atoms with Gasteiger partial charge in [-0.25, -0.2) is 0 Å². The van der Waals surface area contributed by atoms with Crippen LogP contribution in [0, 0.1) is 0 Å². The maximum atomic E-state index is 9.89. The predicted molar refractivity (Wildman–Crippen MR) is 86.4 cm³/mol. The fraction of sp³-hybridized carbons (Fsp3) is 0.368. The number of fused-ring (bicyclic) bond motifs is 1. The Morgan fingerprint density at radius 1 is 1.10 bits per heavy atom. The summed E-state index contributed by atoms with van der Waals surface area (Å²) in [4.78, 5) is 2.43. The Morgan fingerprint density at radius 3 is 2.57 bits per heavy atom. The first-order valence-corrected chi connectivity index (χ1v) is 7.77. The van der Waals surface area contributed by atoms with Gasteiger partial charge >= 0.3 is 0 Å². The molecule has 21 heavy (non-hydrogen) atoms. The van der Waals surface area contributed by atoms with Crippen LogP contribution in [-0.2, 0) is 6.42 Å². The molecule has 0 fully saturated rings. The van der Waals surface area contributed by atoms with E-state index >= 15 is 0 Å². The molecule has 1 N–H and O–H groups in total. The second-order valence-corrected chi connectivity index (χ2v) is 5.95. The Balaban J connectivity index is 1.84. The van der Waals surface area contributed by atoms with Gasteiger partial charge in [0.25, 0.3) is 0 Å². The van der Waals surface area contributed by atoms with Crippen LogP contribution in [0.15, 0.2) is 54.6 Å². The van der Waals surface area contributed by atoms with E-state index in [1.54, 1.807) is 0 Å². The number of hydrogen-bond donors (Lipinski definition) is 1. The summed E-state index contributed by atoms with van der Waals surface area (Å²) < 4.78 is 0. The van der Waals surface area contributed by atoms with Crippen molar-refractivity contribution >= 4 is 0 Å². The number of benzene rings is 2. The van der Waals surface area contributed by atoms with E-state index in [0.29, 0.717) is 5.92 Å². The maximum absolute atomic E-state index is 9.89. The first kappa shape index (κ1) is 14.3. The van der Waals surface area contributed by atoms with Crippen LogP contribution in [0.3, 0.4) is 0 Å². The quantitative estimate of drug-likeness (QED) is 0.932. The van der Waals surface area contributed by atoms with Gasteiger partial charge in [0.05, 0.1) is 12.6 Å². The van der Waals surface area contributed by atoms with Crippen molar-refractivity contribution in [1.29, 1.82) is 0 Å². The molecule has 0 radical (unpaired) electrons. The van der Waals surface area contributed by atoms with Gasteiger partial charge in [0.1, 0.15) is 0 Å². The first-order valence-electron chi connectivity index (χ1n) is 7.77. The zero-order chi connectivity index (χ0) is 14.7. The molecule has 0 aromatic heterocycles. The van der Waals surface area contributed by atoms with E-state index in [0.717, 1.165) is 19.5 Å². The van der Waals surface area contributed by atoms with Crippen molar-refractivity contribution in [3.8, 4) is 0 Å². The molecule has 0 spiro atoms. The zero-order valence-corrected chi connectivity index (χ0v) is 12.6. The van der Waals surface area contributed by atoms with Crippen molar-refractivity contribution in [2.24, 2.45) is 0 Å². The van der Waals surface area contributed by atoms with Crippen LogP contribution in [0.5, 0.6) is 0 Å². The lowest BCUT2D eigenvalue weighted by atomic mass is 9.95. The van der Waals surface area contributed by atoms with Crippen LogP contribution >= 0.6 is 0 Å². The standard InChI is InChI=1S/C19H23NO/c1-15-13-20(12-11-16-7-5-6-10-18(15)16)19(14-21)17-8-3-2-4-9-17/h2-10,15,19,21H,11-14H2,1H3/t15-,19-/m0/s1. The molecule has 1 aliphatic rings. The van der Waals surface area contributed by atoms with Crippen LogP contribution < -0.4 is 0 Å². The maximum Gasteiger partial charge on any atom is 0.0628 e. The van der Waals surface area contributed by atoms with Gasteiger partial charge in [0.15, 0.2) is 0 Å². The molecular weight excluding hydrogens is 258 g/mol. The van der Waals surface area contributed by atoms with Crippen molar-refractivity contribution < 1.29 is 5.11 Å². The van der Waals surface area contributed by atoms with E-state index < -0.39 is 0 Å². The highest BCUT2D eigenvalue weighted by Gasteiger charge is 2.25. The highest BCUT2D eigenvalue weighted by atomic mass is 16.3. The average Bonchev–Trinajstić information content (AvgIpc) is 2.69. The summed E-state index contributed by atoms with van der Waals surface area (Å²) in [5.41, 5.74) is 4.13. The number of aliphatic hydroxyl groups is 1. The van der Waals surface area contributed by atoms with Gasteiger partial charge in [-0.2, -0.15) is 0 Å². The van der Waals surface area contributed by atoms with E-state index in [1.165, 1.54) is 16.7 Å². The van der Waals surface area contributed by atoms with Gasteiger partial charge in [-0.3, -0.25) is 4.90 Å². The molecule has 0 amide bonds. The highest BCUT2D eigenvalue weighted by molar-refractivity contribution is 5.32. The summed E-state index contributed by atoms with van der Waals surface area (Å²) in [5, 5.41) is 9.89. The summed E-state index contributed by atoms with van der Waals surface area (Å²) in [5.74, 6) is 0.501. The Bertz CT molecular complexity index is 581. The predicted octanol–water partition coefficient (Wildman–Crippen LogP) is 3.38. The average molecular weight is 281 g/mol. The van der Waals surface area contributed by atoms with Gasteiger partial charge in [-0.15, -0.1) is 0 Å². The van der Waals surface area contributed by atoms with Crippen molar-refractivity contribution in [1.82, 2.24) is 4.90 Å². The van der Waals surface area contributed by atoms with Crippen molar-refractivity contribution in [2.45, 2.75) is 25.3 Å². The molecular formula is C19H23NO. The lowest BCUT2D eigenvalue weighted by Gasteiger charge is -2.31. The number of nitrogens with zero attached hydrogens (tertiary/aromatic N) is 1. The third-order valence-corrected chi connectivity index (χ3v) is 4.56. The molecule has 2 atom stereocenters. The highest BCUT2D eigenvalue weighted by Crippen LogP contribution is 2.30. The minimum Gasteiger partial charge on any atom is -0.394 e. The van der Waals surface area contributed by atoms with Crippen LogP contribution in [0.25, 0.3) is 0 Å². The minimum absolute atomic E-state index is 0.1000. The molecule has 110 valence electrons. The monoisotopic (exact) mass is 281 g/mol. The molecule has 2 nitrogen and oxygen atoms in total. The molecule has 0 saturated carbocycles. The molecule has 2 aromatic rings. The Labute approximate surface area is 127 Å². The summed E-state index contributed by atoms with van der Waals surface area (Å²) in [6, 6.07) is 19.2. The molecule has 0 unspecified atom stereocenters. The van der Waals surface area contributed by atoms with Crippen LogP contribution in [0.4, 0.5) is 0 Å². The minimum atomic E-state index is 0.1000. The van der Waals surface area contributed by atoms with E-state index in [4.69, 9.17) is 0 Å². The Kier molecular flexibility index (Phi) is 4.37. The summed E-state index contributed by atoms with van der Waals surface area (Å²) in [6.07, 6.45) is 1.06. The molecule has 2 aromatic carbocycles. The summed E-state index contributed by atoms with van der Waals surface area (Å²) >= 11 is 0. The molecule has 0 bridgehead atoms. The second kappa shape index (κ2) is 6.42. The van der Waals surface area contributed by atoms with Crippen LogP contribution in [0.2, 0.25) is 0 Å². The van der Waals surface area contributed by atoms with Crippen molar-refractivity contribution in [2.75, 3.05) is 19.7 Å². The summed E-state index contributed by atoms with van der Waals surface area (Å²) in [6.45, 7) is 4.46. The molecule has 2 heteroatoms. The van der Waals surface area contributed by atoms with Crippen LogP contribution in [-0.4, -0.2) is 29.7 Å². The largest absolute Gasteiger partial charge is 0.394 e. The lowest BCUT2D eigenvalue weighted by Crippen LogP contribution is -2.34. The SMILES string of the molecule is C[C@H]1CN([C@@H](CO)c2ccccc2)CCc2ccccc21. The van der Waals surface area contributed by atoms with E-state index in [1.807, 2.05) is 18.2 Å². The molecule has 1 heterocycles.